The van der Waals surface area contributed by atoms with E-state index in [1.165, 1.54) is 36.7 Å². The van der Waals surface area contributed by atoms with Crippen molar-refractivity contribution in [1.82, 2.24) is 19.9 Å². The zero-order valence-corrected chi connectivity index (χ0v) is 21.8. The molecule has 0 amide bonds. The molecular weight excluding hydrogens is 534 g/mol. The van der Waals surface area contributed by atoms with Crippen molar-refractivity contribution in [3.8, 4) is 34.4 Å². The van der Waals surface area contributed by atoms with Gasteiger partial charge in [-0.05, 0) is 60.7 Å². The zero-order valence-electron chi connectivity index (χ0n) is 21.8. The number of para-hydroxylation sites is 2. The highest BCUT2D eigenvalue weighted by Gasteiger charge is 2.19. The van der Waals surface area contributed by atoms with E-state index >= 15 is 0 Å². The minimum absolute atomic E-state index is 0.00371. The molecule has 0 aliphatic rings. The topological polar surface area (TPSA) is 143 Å². The van der Waals surface area contributed by atoms with Gasteiger partial charge in [0.1, 0.15) is 11.4 Å². The maximum Gasteiger partial charge on any atom is 0.335 e. The van der Waals surface area contributed by atoms with Crippen molar-refractivity contribution in [3.63, 3.8) is 0 Å². The van der Waals surface area contributed by atoms with Gasteiger partial charge in [0.05, 0.1) is 22.5 Å². The molecule has 0 saturated heterocycles. The number of hydrogen-bond acceptors (Lipinski definition) is 8. The first-order valence-corrected chi connectivity index (χ1v) is 12.8. The zero-order chi connectivity index (χ0) is 29.1. The maximum atomic E-state index is 11.9. The third kappa shape index (κ3) is 5.32. The van der Waals surface area contributed by atoms with Gasteiger partial charge < -0.3 is 14.6 Å². The fourth-order valence-corrected chi connectivity index (χ4v) is 4.37. The third-order valence-electron chi connectivity index (χ3n) is 6.32. The van der Waals surface area contributed by atoms with Crippen molar-refractivity contribution >= 4 is 29.2 Å². The molecular formula is C32H21N5O5. The average Bonchev–Trinajstić information content (AvgIpc) is 3.52. The van der Waals surface area contributed by atoms with Gasteiger partial charge >= 0.3 is 11.9 Å². The number of carboxylic acids is 2. The van der Waals surface area contributed by atoms with Crippen LogP contribution in [0.2, 0.25) is 0 Å². The van der Waals surface area contributed by atoms with Crippen LogP contribution in [0.5, 0.6) is 0 Å². The molecule has 2 N–H and O–H groups in total. The summed E-state index contributed by atoms with van der Waals surface area (Å²) in [4.78, 5) is 43.0. The summed E-state index contributed by atoms with van der Waals surface area (Å²) in [6, 6.07) is 30.3. The monoisotopic (exact) mass is 555 g/mol. The lowest BCUT2D eigenvalue weighted by Gasteiger charge is -2.22. The summed E-state index contributed by atoms with van der Waals surface area (Å²) in [6.45, 7) is 0. The second kappa shape index (κ2) is 11.1. The van der Waals surface area contributed by atoms with Gasteiger partial charge in [-0.2, -0.15) is 0 Å². The Kier molecular flexibility index (Phi) is 6.92. The first-order chi connectivity index (χ1) is 20.5. The van der Waals surface area contributed by atoms with Crippen LogP contribution in [0.4, 0.5) is 17.3 Å². The van der Waals surface area contributed by atoms with Crippen LogP contribution in [0.1, 0.15) is 20.7 Å². The van der Waals surface area contributed by atoms with E-state index in [9.17, 15) is 19.8 Å². The number of benzene rings is 2. The van der Waals surface area contributed by atoms with Gasteiger partial charge in [-0.25, -0.2) is 24.5 Å². The highest BCUT2D eigenvalue weighted by atomic mass is 16.4. The number of furan rings is 1. The number of carboxylic acid groups (broad SMARTS) is 2. The van der Waals surface area contributed by atoms with E-state index in [1.54, 1.807) is 12.1 Å². The maximum absolute atomic E-state index is 11.9. The molecule has 204 valence electrons. The van der Waals surface area contributed by atoms with Crippen LogP contribution in [0.3, 0.4) is 0 Å². The van der Waals surface area contributed by atoms with Crippen molar-refractivity contribution < 1.29 is 24.2 Å². The van der Waals surface area contributed by atoms with Gasteiger partial charge in [0.2, 0.25) is 5.88 Å². The molecule has 0 atom stereocenters. The van der Waals surface area contributed by atoms with E-state index < -0.39 is 11.9 Å². The molecule has 10 nitrogen and oxygen atoms in total. The Bertz CT molecular complexity index is 1870. The second-order valence-electron chi connectivity index (χ2n) is 9.08. The number of anilines is 3. The summed E-state index contributed by atoms with van der Waals surface area (Å²) in [7, 11) is 0. The minimum atomic E-state index is -1.19. The summed E-state index contributed by atoms with van der Waals surface area (Å²) < 4.78 is 6.28. The first-order valence-electron chi connectivity index (χ1n) is 12.8. The Morgan fingerprint density at radius 1 is 0.595 bits per heavy atom. The largest absolute Gasteiger partial charge is 0.478 e. The molecule has 4 aromatic heterocycles. The smallest absolute Gasteiger partial charge is 0.335 e. The van der Waals surface area contributed by atoms with Gasteiger partial charge in [0.15, 0.2) is 11.6 Å². The van der Waals surface area contributed by atoms with Gasteiger partial charge in [-0.1, -0.05) is 36.4 Å². The number of pyridine rings is 2. The van der Waals surface area contributed by atoms with Crippen LogP contribution in [0.15, 0.2) is 120 Å². The molecule has 6 rings (SSSR count). The van der Waals surface area contributed by atoms with Crippen molar-refractivity contribution in [1.29, 1.82) is 0 Å². The quantitative estimate of drug-likeness (QED) is 0.208. The number of carbonyl (C=O) groups is 2. The highest BCUT2D eigenvalue weighted by Crippen LogP contribution is 2.37. The fourth-order valence-electron chi connectivity index (χ4n) is 4.37. The lowest BCUT2D eigenvalue weighted by Crippen LogP contribution is -2.08. The number of aromatic carboxylic acids is 2. The molecule has 0 aliphatic heterocycles. The average molecular weight is 556 g/mol. The molecule has 4 heterocycles. The number of rotatable bonds is 8. The van der Waals surface area contributed by atoms with Crippen LogP contribution in [0.25, 0.3) is 34.4 Å². The number of nitrogens with zero attached hydrogens (tertiary/aromatic N) is 5. The molecule has 42 heavy (non-hydrogen) atoms. The summed E-state index contributed by atoms with van der Waals surface area (Å²) in [5, 5.41) is 19.1. The number of hydrogen-bond donors (Lipinski definition) is 2. The van der Waals surface area contributed by atoms with Crippen molar-refractivity contribution in [3.05, 3.63) is 127 Å². The predicted molar refractivity (Wildman–Crippen MR) is 155 cm³/mol. The first kappa shape index (κ1) is 26.1. The summed E-state index contributed by atoms with van der Waals surface area (Å²) >= 11 is 0. The Morgan fingerprint density at radius 2 is 1.21 bits per heavy atom. The lowest BCUT2D eigenvalue weighted by atomic mass is 10.1. The Morgan fingerprint density at radius 3 is 1.88 bits per heavy atom. The highest BCUT2D eigenvalue weighted by molar-refractivity contribution is 5.91. The molecule has 10 heteroatoms. The van der Waals surface area contributed by atoms with Crippen LogP contribution in [0, 0.1) is 0 Å². The SMILES string of the molecule is O=C(O)c1ccnc(-c2cc(C(=O)O)cc(-c3nccc(-c4ccc(N(c5ccccc5)c5ccccc5)o4)n3)n2)c1. The van der Waals surface area contributed by atoms with Crippen molar-refractivity contribution in [2.45, 2.75) is 0 Å². The molecule has 2 aromatic carbocycles. The van der Waals surface area contributed by atoms with E-state index in [0.29, 0.717) is 17.3 Å². The Labute approximate surface area is 239 Å². The van der Waals surface area contributed by atoms with Crippen molar-refractivity contribution in [2.75, 3.05) is 4.90 Å². The van der Waals surface area contributed by atoms with Gasteiger partial charge in [-0.15, -0.1) is 0 Å². The van der Waals surface area contributed by atoms with E-state index in [0.717, 1.165) is 11.4 Å². The van der Waals surface area contributed by atoms with Crippen LogP contribution in [-0.4, -0.2) is 42.1 Å². The second-order valence-corrected chi connectivity index (χ2v) is 9.08. The van der Waals surface area contributed by atoms with E-state index in [4.69, 9.17) is 4.42 Å². The number of aromatic nitrogens is 4. The van der Waals surface area contributed by atoms with E-state index in [1.807, 2.05) is 71.6 Å². The predicted octanol–water partition coefficient (Wildman–Crippen LogP) is 6.73. The van der Waals surface area contributed by atoms with Gasteiger partial charge in [0.25, 0.3) is 0 Å². The van der Waals surface area contributed by atoms with Gasteiger partial charge in [0, 0.05) is 29.8 Å². The standard InChI is InChI=1S/C32H21N5O5/c38-31(39)20-13-15-33-25(17-20)26-18-21(32(40)41)19-27(35-26)30-34-16-14-24(36-30)28-11-12-29(42-28)37(22-7-3-1-4-8-22)23-9-5-2-6-10-23/h1-19H,(H,38,39)(H,40,41). The molecule has 0 radical (unpaired) electrons. The van der Waals surface area contributed by atoms with Crippen LogP contribution < -0.4 is 4.90 Å². The molecule has 6 aromatic rings. The molecule has 0 saturated carbocycles. The Balaban J connectivity index is 1.39. The molecule has 0 aliphatic carbocycles. The Hall–Kier alpha value is -6.16. The molecule has 0 bridgehead atoms. The van der Waals surface area contributed by atoms with E-state index in [2.05, 4.69) is 19.9 Å². The molecule has 0 fully saturated rings. The summed E-state index contributed by atoms with van der Waals surface area (Å²) in [5.41, 5.74) is 2.76. The minimum Gasteiger partial charge on any atom is -0.478 e. The normalized spacial score (nSPS) is 10.8. The van der Waals surface area contributed by atoms with Crippen LogP contribution >= 0.6 is 0 Å². The summed E-state index contributed by atoms with van der Waals surface area (Å²) in [6.07, 6.45) is 2.86. The van der Waals surface area contributed by atoms with Crippen molar-refractivity contribution in [2.24, 2.45) is 0 Å². The van der Waals surface area contributed by atoms with E-state index in [-0.39, 0.29) is 34.0 Å². The van der Waals surface area contributed by atoms with Gasteiger partial charge in [-0.3, -0.25) is 9.88 Å². The van der Waals surface area contributed by atoms with Crippen LogP contribution in [-0.2, 0) is 0 Å². The molecule has 0 spiro atoms. The molecule has 0 unspecified atom stereocenters. The fraction of sp³-hybridized carbons (Fsp3) is 0. The lowest BCUT2D eigenvalue weighted by molar-refractivity contribution is 0.0686. The third-order valence-corrected chi connectivity index (χ3v) is 6.32. The summed E-state index contributed by atoms with van der Waals surface area (Å²) in [5.74, 6) is -1.13.